The molecule has 3 rings (SSSR count). The van der Waals surface area contributed by atoms with Crippen molar-refractivity contribution in [3.8, 4) is 5.75 Å². The molecule has 2 heterocycles. The fourth-order valence-electron chi connectivity index (χ4n) is 2.62. The van der Waals surface area contributed by atoms with Crippen LogP contribution in [0.15, 0.2) is 30.6 Å². The number of hydrogen-bond donors (Lipinski definition) is 5. The molecule has 0 saturated heterocycles. The number of nitrogens with zero attached hydrogens (tertiary/aromatic N) is 2. The van der Waals surface area contributed by atoms with Crippen LogP contribution < -0.4 is 10.6 Å². The SMILES string of the molecule is CNc1ccc(O)cc1C(=N)c1cnc2[nH]cc(C(=O)NC(C)C)c2n1. The Hall–Kier alpha value is -3.42. The van der Waals surface area contributed by atoms with Gasteiger partial charge < -0.3 is 20.7 Å². The van der Waals surface area contributed by atoms with Gasteiger partial charge in [-0.15, -0.1) is 0 Å². The highest BCUT2D eigenvalue weighted by molar-refractivity contribution is 6.14. The normalized spacial score (nSPS) is 10.9. The number of rotatable bonds is 5. The predicted octanol–water partition coefficient (Wildman–Crippen LogP) is 2.26. The molecule has 3 aromatic rings. The number of H-pyrrole nitrogens is 1. The minimum atomic E-state index is -0.252. The summed E-state index contributed by atoms with van der Waals surface area (Å²) in [7, 11) is 1.73. The molecule has 5 N–H and O–H groups in total. The van der Waals surface area contributed by atoms with Gasteiger partial charge in [0.2, 0.25) is 0 Å². The first-order chi connectivity index (χ1) is 12.4. The molecule has 8 nitrogen and oxygen atoms in total. The maximum Gasteiger partial charge on any atom is 0.255 e. The zero-order chi connectivity index (χ0) is 18.8. The summed E-state index contributed by atoms with van der Waals surface area (Å²) in [5.74, 6) is -0.200. The van der Waals surface area contributed by atoms with Gasteiger partial charge in [-0.2, -0.15) is 0 Å². The van der Waals surface area contributed by atoms with E-state index in [1.165, 1.54) is 18.3 Å². The topological polar surface area (TPSA) is 127 Å². The standard InChI is InChI=1S/C18H20N6O2/c1-9(2)23-18(26)12-7-21-17-16(12)24-14(8-22-17)15(19)11-6-10(25)4-5-13(11)20-3/h4-9,19-20,25H,1-3H3,(H,21,22)(H,23,26). The monoisotopic (exact) mass is 352 g/mol. The van der Waals surface area contributed by atoms with E-state index in [9.17, 15) is 9.90 Å². The molecule has 0 radical (unpaired) electrons. The Morgan fingerprint density at radius 1 is 1.31 bits per heavy atom. The van der Waals surface area contributed by atoms with Gasteiger partial charge in [-0.1, -0.05) is 0 Å². The Balaban J connectivity index is 2.05. The van der Waals surface area contributed by atoms with Gasteiger partial charge in [0.05, 0.1) is 17.5 Å². The van der Waals surface area contributed by atoms with Gasteiger partial charge in [0.25, 0.3) is 5.91 Å². The highest BCUT2D eigenvalue weighted by Crippen LogP contribution is 2.24. The Labute approximate surface area is 150 Å². The van der Waals surface area contributed by atoms with Crippen LogP contribution in [0, 0.1) is 5.41 Å². The van der Waals surface area contributed by atoms with Crippen molar-refractivity contribution in [2.24, 2.45) is 0 Å². The molecule has 2 aromatic heterocycles. The first kappa shape index (κ1) is 17.4. The van der Waals surface area contributed by atoms with Crippen molar-refractivity contribution in [3.63, 3.8) is 0 Å². The average Bonchev–Trinajstić information content (AvgIpc) is 3.03. The van der Waals surface area contributed by atoms with E-state index in [-0.39, 0.29) is 23.4 Å². The van der Waals surface area contributed by atoms with E-state index in [4.69, 9.17) is 5.41 Å². The lowest BCUT2D eigenvalue weighted by Crippen LogP contribution is -2.30. The van der Waals surface area contributed by atoms with Crippen LogP contribution in [0.1, 0.15) is 35.5 Å². The van der Waals surface area contributed by atoms with Crippen molar-refractivity contribution >= 4 is 28.5 Å². The van der Waals surface area contributed by atoms with Crippen LogP contribution in [0.5, 0.6) is 5.75 Å². The molecule has 0 aliphatic carbocycles. The number of carbonyl (C=O) groups is 1. The van der Waals surface area contributed by atoms with Gasteiger partial charge in [0, 0.05) is 30.5 Å². The van der Waals surface area contributed by atoms with Gasteiger partial charge in [0.15, 0.2) is 5.65 Å². The number of nitrogens with one attached hydrogen (secondary N) is 4. The van der Waals surface area contributed by atoms with E-state index in [1.807, 2.05) is 13.8 Å². The van der Waals surface area contributed by atoms with Crippen LogP contribution >= 0.6 is 0 Å². The average molecular weight is 352 g/mol. The third-order valence-corrected chi connectivity index (χ3v) is 3.84. The predicted molar refractivity (Wildman–Crippen MR) is 100 cm³/mol. The molecule has 1 amide bonds. The van der Waals surface area contributed by atoms with Crippen molar-refractivity contribution in [1.82, 2.24) is 20.3 Å². The molecule has 0 spiro atoms. The number of aromatic hydroxyl groups is 1. The highest BCUT2D eigenvalue weighted by atomic mass is 16.3. The second-order valence-corrected chi connectivity index (χ2v) is 6.14. The maximum absolute atomic E-state index is 12.3. The smallest absolute Gasteiger partial charge is 0.255 e. The van der Waals surface area contributed by atoms with Crippen molar-refractivity contribution in [1.29, 1.82) is 5.41 Å². The van der Waals surface area contributed by atoms with E-state index in [2.05, 4.69) is 25.6 Å². The number of hydrogen-bond acceptors (Lipinski definition) is 6. The molecule has 0 atom stereocenters. The van der Waals surface area contributed by atoms with E-state index in [0.717, 1.165) is 0 Å². The number of phenols is 1. The van der Waals surface area contributed by atoms with E-state index in [0.29, 0.717) is 33.7 Å². The maximum atomic E-state index is 12.3. The zero-order valence-electron chi connectivity index (χ0n) is 14.7. The Morgan fingerprint density at radius 3 is 2.77 bits per heavy atom. The Morgan fingerprint density at radius 2 is 2.08 bits per heavy atom. The summed E-state index contributed by atoms with van der Waals surface area (Å²) in [6, 6.07) is 4.71. The van der Waals surface area contributed by atoms with Crippen LogP contribution in [-0.4, -0.2) is 44.8 Å². The summed E-state index contributed by atoms with van der Waals surface area (Å²) < 4.78 is 0. The first-order valence-corrected chi connectivity index (χ1v) is 8.15. The van der Waals surface area contributed by atoms with Gasteiger partial charge in [0.1, 0.15) is 17.0 Å². The Kier molecular flexibility index (Phi) is 4.57. The number of fused-ring (bicyclic) bond motifs is 1. The molecule has 26 heavy (non-hydrogen) atoms. The lowest BCUT2D eigenvalue weighted by atomic mass is 10.0. The first-order valence-electron chi connectivity index (χ1n) is 8.15. The van der Waals surface area contributed by atoms with Crippen LogP contribution in [0.2, 0.25) is 0 Å². The number of amides is 1. The van der Waals surface area contributed by atoms with Gasteiger partial charge in [-0.25, -0.2) is 9.97 Å². The minimum Gasteiger partial charge on any atom is -0.508 e. The number of anilines is 1. The quantitative estimate of drug-likeness (QED) is 0.355. The van der Waals surface area contributed by atoms with Crippen LogP contribution in [-0.2, 0) is 0 Å². The summed E-state index contributed by atoms with van der Waals surface area (Å²) in [6.45, 7) is 3.75. The van der Waals surface area contributed by atoms with Crippen LogP contribution in [0.4, 0.5) is 5.69 Å². The molecular weight excluding hydrogens is 332 g/mol. The number of aromatic nitrogens is 3. The molecule has 0 fully saturated rings. The fraction of sp³-hybridized carbons (Fsp3) is 0.222. The number of phenolic OH excluding ortho intramolecular Hbond substituents is 1. The summed E-state index contributed by atoms with van der Waals surface area (Å²) in [5.41, 5.74) is 2.82. The third-order valence-electron chi connectivity index (χ3n) is 3.84. The molecule has 0 bridgehead atoms. The van der Waals surface area contributed by atoms with Gasteiger partial charge in [-0.3, -0.25) is 10.2 Å². The highest BCUT2D eigenvalue weighted by Gasteiger charge is 2.18. The number of benzene rings is 1. The van der Waals surface area contributed by atoms with Crippen molar-refractivity contribution in [2.45, 2.75) is 19.9 Å². The van der Waals surface area contributed by atoms with E-state index in [1.54, 1.807) is 19.3 Å². The number of aromatic amines is 1. The Bertz CT molecular complexity index is 993. The molecule has 0 aliphatic heterocycles. The van der Waals surface area contributed by atoms with Crippen molar-refractivity contribution < 1.29 is 9.90 Å². The fourth-order valence-corrected chi connectivity index (χ4v) is 2.62. The zero-order valence-corrected chi connectivity index (χ0v) is 14.7. The second-order valence-electron chi connectivity index (χ2n) is 6.14. The van der Waals surface area contributed by atoms with Gasteiger partial charge >= 0.3 is 0 Å². The van der Waals surface area contributed by atoms with Gasteiger partial charge in [-0.05, 0) is 32.0 Å². The summed E-state index contributed by atoms with van der Waals surface area (Å²) in [6.07, 6.45) is 3.03. The molecule has 8 heteroatoms. The molecule has 0 saturated carbocycles. The molecule has 0 unspecified atom stereocenters. The molecule has 1 aromatic carbocycles. The molecule has 0 aliphatic rings. The largest absolute Gasteiger partial charge is 0.508 e. The number of carbonyl (C=O) groups excluding carboxylic acids is 1. The molecule has 134 valence electrons. The summed E-state index contributed by atoms with van der Waals surface area (Å²) in [5, 5.41) is 24.0. The summed E-state index contributed by atoms with van der Waals surface area (Å²) in [4.78, 5) is 24.0. The van der Waals surface area contributed by atoms with Crippen molar-refractivity contribution in [3.05, 3.63) is 47.4 Å². The van der Waals surface area contributed by atoms with Crippen molar-refractivity contribution in [2.75, 3.05) is 12.4 Å². The lowest BCUT2D eigenvalue weighted by molar-refractivity contribution is 0.0944. The van der Waals surface area contributed by atoms with Crippen LogP contribution in [0.25, 0.3) is 11.2 Å². The third kappa shape index (κ3) is 3.21. The van der Waals surface area contributed by atoms with E-state index >= 15 is 0 Å². The summed E-state index contributed by atoms with van der Waals surface area (Å²) >= 11 is 0. The van der Waals surface area contributed by atoms with Crippen LogP contribution in [0.3, 0.4) is 0 Å². The van der Waals surface area contributed by atoms with E-state index < -0.39 is 0 Å². The lowest BCUT2D eigenvalue weighted by Gasteiger charge is -2.11. The minimum absolute atomic E-state index is 0.00706. The second kappa shape index (κ2) is 6.83. The molecular formula is C18H20N6O2.